The molecule has 1 heterocycles. The summed E-state index contributed by atoms with van der Waals surface area (Å²) in [6.07, 6.45) is 3.99. The van der Waals surface area contributed by atoms with Gasteiger partial charge in [-0.05, 0) is 74.6 Å². The smallest absolute Gasteiger partial charge is 0.264 e. The van der Waals surface area contributed by atoms with Gasteiger partial charge in [0.25, 0.3) is 15.9 Å². The zero-order valence-corrected chi connectivity index (χ0v) is 20.6. The Morgan fingerprint density at radius 2 is 1.79 bits per heavy atom. The average Bonchev–Trinajstić information content (AvgIpc) is 3.19. The van der Waals surface area contributed by atoms with Crippen molar-refractivity contribution in [3.8, 4) is 11.8 Å². The Bertz CT molecular complexity index is 1340. The van der Waals surface area contributed by atoms with Crippen LogP contribution in [0.3, 0.4) is 0 Å². The van der Waals surface area contributed by atoms with Crippen LogP contribution in [0.4, 0.5) is 10.7 Å². The number of anilines is 2. The number of nitrogens with one attached hydrogen (secondary N) is 1. The van der Waals surface area contributed by atoms with Crippen molar-refractivity contribution in [2.45, 2.75) is 37.5 Å². The first-order valence-corrected chi connectivity index (χ1v) is 13.2. The number of hydrogen-bond acceptors (Lipinski definition) is 6. The van der Waals surface area contributed by atoms with Crippen LogP contribution in [-0.2, 0) is 27.7 Å². The van der Waals surface area contributed by atoms with Crippen molar-refractivity contribution in [1.82, 2.24) is 0 Å². The number of hydrogen-bond donors (Lipinski definition) is 1. The van der Waals surface area contributed by atoms with E-state index in [4.69, 9.17) is 4.74 Å². The molecular formula is C25H25N3O4S2. The highest BCUT2D eigenvalue weighted by Crippen LogP contribution is 2.37. The van der Waals surface area contributed by atoms with Crippen LogP contribution in [0.1, 0.15) is 34.4 Å². The number of sulfonamides is 1. The molecule has 1 N–H and O–H groups in total. The van der Waals surface area contributed by atoms with Gasteiger partial charge in [-0.25, -0.2) is 8.42 Å². The van der Waals surface area contributed by atoms with Crippen LogP contribution in [-0.4, -0.2) is 28.0 Å². The molecule has 0 radical (unpaired) electrons. The molecule has 0 unspecified atom stereocenters. The molecule has 1 aromatic heterocycles. The Hall–Kier alpha value is -3.35. The summed E-state index contributed by atoms with van der Waals surface area (Å²) >= 11 is 1.47. The molecule has 3 aromatic rings. The summed E-state index contributed by atoms with van der Waals surface area (Å²) in [6.45, 7) is 1.68. The van der Waals surface area contributed by atoms with Crippen LogP contribution in [0, 0.1) is 18.3 Å². The molecule has 176 valence electrons. The topological polar surface area (TPSA) is 99.5 Å². The fourth-order valence-electron chi connectivity index (χ4n) is 3.84. The monoisotopic (exact) mass is 495 g/mol. The van der Waals surface area contributed by atoms with Gasteiger partial charge in [0.15, 0.2) is 6.61 Å². The zero-order valence-electron chi connectivity index (χ0n) is 19.0. The molecule has 34 heavy (non-hydrogen) atoms. The van der Waals surface area contributed by atoms with Gasteiger partial charge in [0.2, 0.25) is 0 Å². The van der Waals surface area contributed by atoms with Crippen LogP contribution in [0.15, 0.2) is 53.4 Å². The van der Waals surface area contributed by atoms with E-state index in [9.17, 15) is 18.5 Å². The minimum Gasteiger partial charge on any atom is -0.484 e. The van der Waals surface area contributed by atoms with Crippen LogP contribution in [0.5, 0.6) is 5.75 Å². The maximum Gasteiger partial charge on any atom is 0.264 e. The summed E-state index contributed by atoms with van der Waals surface area (Å²) in [6, 6.07) is 15.4. The Kier molecular flexibility index (Phi) is 6.91. The molecule has 1 amide bonds. The lowest BCUT2D eigenvalue weighted by Gasteiger charge is -2.20. The molecule has 0 aliphatic heterocycles. The third-order valence-electron chi connectivity index (χ3n) is 5.79. The third kappa shape index (κ3) is 4.93. The molecule has 1 aliphatic carbocycles. The first-order chi connectivity index (χ1) is 16.3. The Balaban J connectivity index is 1.38. The van der Waals surface area contributed by atoms with E-state index in [0.29, 0.717) is 22.0 Å². The molecule has 4 rings (SSSR count). The van der Waals surface area contributed by atoms with Gasteiger partial charge in [-0.1, -0.05) is 17.7 Å². The van der Waals surface area contributed by atoms with Crippen molar-refractivity contribution < 1.29 is 17.9 Å². The molecule has 2 aromatic carbocycles. The minimum atomic E-state index is -3.69. The van der Waals surface area contributed by atoms with Gasteiger partial charge in [-0.2, -0.15) is 5.26 Å². The van der Waals surface area contributed by atoms with Gasteiger partial charge in [-0.15, -0.1) is 11.3 Å². The van der Waals surface area contributed by atoms with Gasteiger partial charge in [0.05, 0.1) is 16.1 Å². The fraction of sp³-hybridized carbons (Fsp3) is 0.280. The van der Waals surface area contributed by atoms with Crippen molar-refractivity contribution in [3.63, 3.8) is 0 Å². The Morgan fingerprint density at radius 1 is 1.12 bits per heavy atom. The van der Waals surface area contributed by atoms with Gasteiger partial charge in [0.1, 0.15) is 16.8 Å². The first kappa shape index (κ1) is 23.8. The molecule has 0 fully saturated rings. The zero-order chi connectivity index (χ0) is 24.3. The second-order valence-corrected chi connectivity index (χ2v) is 11.2. The summed E-state index contributed by atoms with van der Waals surface area (Å²) in [7, 11) is -2.20. The lowest BCUT2D eigenvalue weighted by atomic mass is 9.96. The van der Waals surface area contributed by atoms with Gasteiger partial charge in [-0.3, -0.25) is 9.10 Å². The number of fused-ring (bicyclic) bond motifs is 1. The number of rotatable bonds is 7. The summed E-state index contributed by atoms with van der Waals surface area (Å²) in [4.78, 5) is 13.8. The first-order valence-electron chi connectivity index (χ1n) is 10.9. The molecule has 1 aliphatic rings. The second-order valence-electron chi connectivity index (χ2n) is 8.14. The highest BCUT2D eigenvalue weighted by molar-refractivity contribution is 7.92. The maximum atomic E-state index is 12.9. The fourth-order valence-corrected chi connectivity index (χ4v) is 6.29. The van der Waals surface area contributed by atoms with E-state index in [0.717, 1.165) is 36.8 Å². The highest BCUT2D eigenvalue weighted by atomic mass is 32.2. The third-order valence-corrected chi connectivity index (χ3v) is 8.79. The normalized spacial score (nSPS) is 13.0. The average molecular weight is 496 g/mol. The largest absolute Gasteiger partial charge is 0.484 e. The SMILES string of the molecule is Cc1ccc(S(=O)(=O)N(C)c2ccc(OCC(=O)Nc3sc4c(c3C#N)CCCC4)cc2)cc1. The van der Waals surface area contributed by atoms with E-state index in [1.807, 2.05) is 6.92 Å². The van der Waals surface area contributed by atoms with E-state index < -0.39 is 10.0 Å². The second kappa shape index (κ2) is 9.87. The number of ether oxygens (including phenoxy) is 1. The van der Waals surface area contributed by atoms with E-state index in [2.05, 4.69) is 11.4 Å². The standard InChI is InChI=1S/C25H25N3O4S2/c1-17-7-13-20(14-8-17)34(30,31)28(2)18-9-11-19(12-10-18)32-16-24(29)27-25-22(15-26)21-5-3-4-6-23(21)33-25/h7-14H,3-6,16H2,1-2H3,(H,27,29). The van der Waals surface area contributed by atoms with Crippen molar-refractivity contribution in [2.75, 3.05) is 23.3 Å². The van der Waals surface area contributed by atoms with Crippen LogP contribution >= 0.6 is 11.3 Å². The van der Waals surface area contributed by atoms with E-state index in [1.165, 1.54) is 27.6 Å². The quantitative estimate of drug-likeness (QED) is 0.514. The van der Waals surface area contributed by atoms with Crippen molar-refractivity contribution >= 4 is 38.0 Å². The van der Waals surface area contributed by atoms with Crippen molar-refractivity contribution in [3.05, 3.63) is 70.1 Å². The molecule has 0 saturated carbocycles. The van der Waals surface area contributed by atoms with Gasteiger partial charge in [0, 0.05) is 11.9 Å². The van der Waals surface area contributed by atoms with E-state index in [1.54, 1.807) is 48.5 Å². The Labute approximate surface area is 203 Å². The van der Waals surface area contributed by atoms with E-state index >= 15 is 0 Å². The molecule has 9 heteroatoms. The lowest BCUT2D eigenvalue weighted by molar-refractivity contribution is -0.118. The predicted octanol–water partition coefficient (Wildman–Crippen LogP) is 4.65. The van der Waals surface area contributed by atoms with Crippen LogP contribution < -0.4 is 14.4 Å². The predicted molar refractivity (Wildman–Crippen MR) is 133 cm³/mol. The van der Waals surface area contributed by atoms with Crippen LogP contribution in [0.2, 0.25) is 0 Å². The van der Waals surface area contributed by atoms with Crippen LogP contribution in [0.25, 0.3) is 0 Å². The molecule has 0 bridgehead atoms. The number of carbonyl (C=O) groups excluding carboxylic acids is 1. The number of nitriles is 1. The molecule has 0 atom stereocenters. The Morgan fingerprint density at radius 3 is 2.47 bits per heavy atom. The number of benzene rings is 2. The van der Waals surface area contributed by atoms with E-state index in [-0.39, 0.29) is 17.4 Å². The lowest BCUT2D eigenvalue weighted by Crippen LogP contribution is -2.26. The summed E-state index contributed by atoms with van der Waals surface area (Å²) in [5, 5.41) is 12.9. The number of aryl methyl sites for hydroxylation is 2. The summed E-state index contributed by atoms with van der Waals surface area (Å²) in [5.41, 5.74) is 3.08. The molecule has 0 saturated heterocycles. The van der Waals surface area contributed by atoms with Crippen molar-refractivity contribution in [2.24, 2.45) is 0 Å². The number of nitrogens with zero attached hydrogens (tertiary/aromatic N) is 2. The van der Waals surface area contributed by atoms with Crippen molar-refractivity contribution in [1.29, 1.82) is 5.26 Å². The summed E-state index contributed by atoms with van der Waals surface area (Å²) < 4.78 is 32.5. The number of amides is 1. The maximum absolute atomic E-state index is 12.9. The number of carbonyl (C=O) groups is 1. The molecular weight excluding hydrogens is 470 g/mol. The molecule has 0 spiro atoms. The van der Waals surface area contributed by atoms with Gasteiger partial charge >= 0.3 is 0 Å². The highest BCUT2D eigenvalue weighted by Gasteiger charge is 2.23. The number of thiophene rings is 1. The minimum absolute atomic E-state index is 0.213. The van der Waals surface area contributed by atoms with Gasteiger partial charge < -0.3 is 10.1 Å². The summed E-state index contributed by atoms with van der Waals surface area (Å²) in [5.74, 6) is 0.0873. The molecule has 7 nitrogen and oxygen atoms in total.